The van der Waals surface area contributed by atoms with Gasteiger partial charge in [0, 0.05) is 36.8 Å². The van der Waals surface area contributed by atoms with Crippen molar-refractivity contribution in [1.29, 1.82) is 0 Å². The third-order valence-electron chi connectivity index (χ3n) is 3.74. The van der Waals surface area contributed by atoms with Gasteiger partial charge in [0.15, 0.2) is 0 Å². The van der Waals surface area contributed by atoms with E-state index >= 15 is 0 Å². The Morgan fingerprint density at radius 2 is 2.05 bits per heavy atom. The highest BCUT2D eigenvalue weighted by molar-refractivity contribution is 7.89. The van der Waals surface area contributed by atoms with E-state index in [-0.39, 0.29) is 16.1 Å². The van der Waals surface area contributed by atoms with E-state index in [4.69, 9.17) is 0 Å². The maximum Gasteiger partial charge on any atom is 0.273 e. The van der Waals surface area contributed by atoms with Gasteiger partial charge >= 0.3 is 0 Å². The first-order valence-electron chi connectivity index (χ1n) is 6.65. The van der Waals surface area contributed by atoms with Gasteiger partial charge in [-0.15, -0.1) is 0 Å². The normalized spacial score (nSPS) is 19.4. The number of hydrogen-bond donors (Lipinski definition) is 1. The molecule has 116 valence electrons. The number of nitrogens with zero attached hydrogens (tertiary/aromatic N) is 2. The van der Waals surface area contributed by atoms with E-state index in [0.29, 0.717) is 19.6 Å². The van der Waals surface area contributed by atoms with Crippen LogP contribution in [-0.4, -0.2) is 42.8 Å². The molecule has 8 heteroatoms. The molecule has 1 aromatic carbocycles. The summed E-state index contributed by atoms with van der Waals surface area (Å²) in [7, 11) is -3.77. The van der Waals surface area contributed by atoms with Crippen molar-refractivity contribution < 1.29 is 13.3 Å². The Morgan fingerprint density at radius 1 is 1.38 bits per heavy atom. The molecular formula is C13H19N3O4S. The van der Waals surface area contributed by atoms with Gasteiger partial charge in [-0.2, -0.15) is 4.31 Å². The zero-order valence-electron chi connectivity index (χ0n) is 12.3. The predicted octanol–water partition coefficient (Wildman–Crippen LogP) is 1.28. The molecule has 2 rings (SSSR count). The number of sulfonamides is 1. The third kappa shape index (κ3) is 2.78. The van der Waals surface area contributed by atoms with E-state index in [1.807, 2.05) is 13.8 Å². The Morgan fingerprint density at radius 3 is 2.62 bits per heavy atom. The summed E-state index contributed by atoms with van der Waals surface area (Å²) in [5.74, 6) is 0. The molecule has 7 nitrogen and oxygen atoms in total. The van der Waals surface area contributed by atoms with Gasteiger partial charge in [-0.3, -0.25) is 10.1 Å². The number of nitrogens with one attached hydrogen (secondary N) is 1. The molecule has 0 saturated carbocycles. The van der Waals surface area contributed by atoms with Crippen LogP contribution >= 0.6 is 0 Å². The Kier molecular flexibility index (Phi) is 4.05. The van der Waals surface area contributed by atoms with Gasteiger partial charge in [0.1, 0.15) is 0 Å². The van der Waals surface area contributed by atoms with Crippen LogP contribution in [0.25, 0.3) is 0 Å². The van der Waals surface area contributed by atoms with Gasteiger partial charge in [-0.25, -0.2) is 8.42 Å². The largest absolute Gasteiger partial charge is 0.314 e. The van der Waals surface area contributed by atoms with Crippen LogP contribution in [0.3, 0.4) is 0 Å². The average molecular weight is 313 g/mol. The highest BCUT2D eigenvalue weighted by Crippen LogP contribution is 2.31. The molecule has 0 atom stereocenters. The second-order valence-electron chi connectivity index (χ2n) is 5.72. The molecule has 0 aliphatic carbocycles. The van der Waals surface area contributed by atoms with Crippen LogP contribution in [0, 0.1) is 17.0 Å². The molecule has 0 bridgehead atoms. The second kappa shape index (κ2) is 5.36. The number of rotatable bonds is 3. The highest BCUT2D eigenvalue weighted by Gasteiger charge is 2.40. The standard InChI is InChI=1S/C13H19N3O4S/c1-10-11(16(17)18)5-4-6-12(10)21(19,20)15-8-7-14-9-13(15,2)3/h4-6,14H,7-9H2,1-3H3. The molecule has 0 amide bonds. The predicted molar refractivity (Wildman–Crippen MR) is 78.7 cm³/mol. The molecule has 0 radical (unpaired) electrons. The van der Waals surface area contributed by atoms with Crippen molar-refractivity contribution in [2.24, 2.45) is 0 Å². The summed E-state index contributed by atoms with van der Waals surface area (Å²) in [6.07, 6.45) is 0. The van der Waals surface area contributed by atoms with Gasteiger partial charge in [-0.05, 0) is 26.8 Å². The van der Waals surface area contributed by atoms with Gasteiger partial charge in [0.05, 0.1) is 9.82 Å². The number of piperazine rings is 1. The molecule has 0 aromatic heterocycles. The number of nitro groups is 1. The van der Waals surface area contributed by atoms with Crippen LogP contribution in [0.5, 0.6) is 0 Å². The minimum absolute atomic E-state index is 0.00618. The van der Waals surface area contributed by atoms with E-state index in [1.165, 1.54) is 29.4 Å². The lowest BCUT2D eigenvalue weighted by Crippen LogP contribution is -2.59. The van der Waals surface area contributed by atoms with Gasteiger partial charge in [0.2, 0.25) is 10.0 Å². The summed E-state index contributed by atoms with van der Waals surface area (Å²) in [4.78, 5) is 10.4. The lowest BCUT2D eigenvalue weighted by Gasteiger charge is -2.41. The molecule has 1 heterocycles. The maximum absolute atomic E-state index is 12.9. The summed E-state index contributed by atoms with van der Waals surface area (Å²) in [6.45, 7) is 6.60. The van der Waals surface area contributed by atoms with Crippen LogP contribution < -0.4 is 5.32 Å². The zero-order valence-corrected chi connectivity index (χ0v) is 13.1. The monoisotopic (exact) mass is 313 g/mol. The van der Waals surface area contributed by atoms with Crippen LogP contribution in [0.4, 0.5) is 5.69 Å². The van der Waals surface area contributed by atoms with Gasteiger partial charge < -0.3 is 5.32 Å². The molecule has 21 heavy (non-hydrogen) atoms. The summed E-state index contributed by atoms with van der Waals surface area (Å²) in [6, 6.07) is 4.15. The van der Waals surface area contributed by atoms with Crippen LogP contribution in [0.15, 0.2) is 23.1 Å². The fraction of sp³-hybridized carbons (Fsp3) is 0.538. The molecule has 1 aliphatic rings. The van der Waals surface area contributed by atoms with E-state index in [9.17, 15) is 18.5 Å². The first-order chi connectivity index (χ1) is 9.68. The summed E-state index contributed by atoms with van der Waals surface area (Å²) in [5, 5.41) is 14.2. The topological polar surface area (TPSA) is 92.5 Å². The van der Waals surface area contributed by atoms with Crippen molar-refractivity contribution in [3.8, 4) is 0 Å². The number of hydrogen-bond acceptors (Lipinski definition) is 5. The number of benzene rings is 1. The first kappa shape index (κ1) is 15.9. The fourth-order valence-corrected chi connectivity index (χ4v) is 4.64. The molecule has 1 fully saturated rings. The molecule has 0 unspecified atom stereocenters. The quantitative estimate of drug-likeness (QED) is 0.670. The minimum atomic E-state index is -3.77. The van der Waals surface area contributed by atoms with Gasteiger partial charge in [0.25, 0.3) is 5.69 Å². The highest BCUT2D eigenvalue weighted by atomic mass is 32.2. The Hall–Kier alpha value is -1.51. The zero-order chi connectivity index (χ0) is 15.8. The average Bonchev–Trinajstić information content (AvgIpc) is 2.37. The smallest absolute Gasteiger partial charge is 0.273 e. The molecule has 0 spiro atoms. The Labute approximate surface area is 124 Å². The van der Waals surface area contributed by atoms with Crippen molar-refractivity contribution in [2.75, 3.05) is 19.6 Å². The number of nitro benzene ring substituents is 1. The Bertz CT molecular complexity index is 670. The summed E-state index contributed by atoms with van der Waals surface area (Å²) >= 11 is 0. The second-order valence-corrected chi connectivity index (χ2v) is 7.55. The van der Waals surface area contributed by atoms with Crippen LogP contribution in [-0.2, 0) is 10.0 Å². The van der Waals surface area contributed by atoms with Crippen molar-refractivity contribution >= 4 is 15.7 Å². The van der Waals surface area contributed by atoms with Crippen molar-refractivity contribution in [3.05, 3.63) is 33.9 Å². The van der Waals surface area contributed by atoms with Crippen LogP contribution in [0.2, 0.25) is 0 Å². The molecule has 1 aromatic rings. The van der Waals surface area contributed by atoms with Crippen molar-refractivity contribution in [2.45, 2.75) is 31.2 Å². The molecular weight excluding hydrogens is 294 g/mol. The van der Waals surface area contributed by atoms with Gasteiger partial charge in [-0.1, -0.05) is 6.07 Å². The first-order valence-corrected chi connectivity index (χ1v) is 8.09. The summed E-state index contributed by atoms with van der Waals surface area (Å²) in [5.41, 5.74) is -0.574. The molecule has 1 N–H and O–H groups in total. The van der Waals surface area contributed by atoms with E-state index in [2.05, 4.69) is 5.32 Å². The van der Waals surface area contributed by atoms with E-state index < -0.39 is 20.5 Å². The van der Waals surface area contributed by atoms with E-state index in [0.717, 1.165) is 0 Å². The molecule has 1 aliphatic heterocycles. The van der Waals surface area contributed by atoms with Crippen molar-refractivity contribution in [3.63, 3.8) is 0 Å². The lowest BCUT2D eigenvalue weighted by molar-refractivity contribution is -0.385. The summed E-state index contributed by atoms with van der Waals surface area (Å²) < 4.78 is 27.2. The molecule has 1 saturated heterocycles. The van der Waals surface area contributed by atoms with E-state index in [1.54, 1.807) is 0 Å². The van der Waals surface area contributed by atoms with Crippen LogP contribution in [0.1, 0.15) is 19.4 Å². The van der Waals surface area contributed by atoms with Crippen molar-refractivity contribution in [1.82, 2.24) is 9.62 Å². The minimum Gasteiger partial charge on any atom is -0.314 e. The Balaban J connectivity index is 2.54. The SMILES string of the molecule is Cc1c([N+](=O)[O-])cccc1S(=O)(=O)N1CCNCC1(C)C. The fourth-order valence-electron chi connectivity index (χ4n) is 2.61. The third-order valence-corrected chi connectivity index (χ3v) is 6.00. The lowest BCUT2D eigenvalue weighted by atomic mass is 10.0. The maximum atomic E-state index is 12.9.